The molecule has 0 bridgehead atoms. The van der Waals surface area contributed by atoms with E-state index in [1.165, 1.54) is 23.9 Å². The first-order valence-electron chi connectivity index (χ1n) is 11.8. The fourth-order valence-corrected chi connectivity index (χ4v) is 6.28. The van der Waals surface area contributed by atoms with Crippen LogP contribution in [0.4, 0.5) is 5.82 Å². The topological polar surface area (TPSA) is 172 Å². The van der Waals surface area contributed by atoms with E-state index in [9.17, 15) is 18.3 Å². The number of fused-ring (bicyclic) bond motifs is 1. The Kier molecular flexibility index (Phi) is 7.13. The lowest BCUT2D eigenvalue weighted by Gasteiger charge is -2.24. The number of hydrogen-bond acceptors (Lipinski definition) is 11. The molecule has 1 aliphatic carbocycles. The van der Waals surface area contributed by atoms with Crippen LogP contribution in [0.3, 0.4) is 0 Å². The van der Waals surface area contributed by atoms with Crippen molar-refractivity contribution in [3.05, 3.63) is 57.2 Å². The minimum atomic E-state index is -4.09. The molecule has 3 aromatic rings. The van der Waals surface area contributed by atoms with Crippen molar-refractivity contribution in [1.29, 1.82) is 0 Å². The zero-order valence-electron chi connectivity index (χ0n) is 20.3. The van der Waals surface area contributed by atoms with Gasteiger partial charge >= 0.3 is 10.3 Å². The lowest BCUT2D eigenvalue weighted by atomic mass is 10.1. The maximum absolute atomic E-state index is 13.6. The highest BCUT2D eigenvalue weighted by molar-refractivity contribution is 7.84. The molecule has 1 saturated carbocycles. The van der Waals surface area contributed by atoms with Gasteiger partial charge in [0.05, 0.1) is 35.5 Å². The number of aliphatic hydroxyl groups is 1. The number of nitrogens with zero attached hydrogens (tertiary/aromatic N) is 4. The molecule has 1 aliphatic heterocycles. The van der Waals surface area contributed by atoms with Gasteiger partial charge in [-0.3, -0.25) is 8.98 Å². The number of nitrogens with one attached hydrogen (secondary N) is 1. The predicted molar refractivity (Wildman–Crippen MR) is 134 cm³/mol. The Hall–Kier alpha value is -2.75. The van der Waals surface area contributed by atoms with Gasteiger partial charge < -0.3 is 19.7 Å². The second-order valence-electron chi connectivity index (χ2n) is 9.34. The highest BCUT2D eigenvalue weighted by Gasteiger charge is 2.35. The molecule has 0 radical (unpaired) electrons. The summed E-state index contributed by atoms with van der Waals surface area (Å²) in [5, 5.41) is 18.5. The highest BCUT2D eigenvalue weighted by Crippen LogP contribution is 2.36. The number of imidazole rings is 1. The minimum absolute atomic E-state index is 0.216. The number of rotatable bonds is 8. The molecule has 4 atom stereocenters. The predicted octanol–water partition coefficient (Wildman–Crippen LogP) is 1.47. The van der Waals surface area contributed by atoms with Crippen LogP contribution >= 0.6 is 11.3 Å². The number of thiophene rings is 1. The van der Waals surface area contributed by atoms with E-state index in [0.717, 1.165) is 28.5 Å². The fraction of sp³-hybridized carbons (Fsp3) is 0.478. The zero-order valence-corrected chi connectivity index (χ0v) is 22.0. The molecule has 0 amide bonds. The van der Waals surface area contributed by atoms with E-state index in [2.05, 4.69) is 29.0 Å². The SMILES string of the molecule is Cc1cn2c(n1)[C@@H](c1cc(C(=O)c3cncnc3N[C@@H]3C[C@H](COS(N)(=O)=O)[C@@H](O)C3)sc1C)OCC2. The van der Waals surface area contributed by atoms with Crippen molar-refractivity contribution in [2.45, 2.75) is 51.5 Å². The van der Waals surface area contributed by atoms with Gasteiger partial charge in [-0.05, 0) is 32.8 Å². The number of anilines is 1. The van der Waals surface area contributed by atoms with Gasteiger partial charge in [-0.15, -0.1) is 11.3 Å². The number of aromatic nitrogens is 4. The third kappa shape index (κ3) is 5.58. The first-order chi connectivity index (χ1) is 17.6. The van der Waals surface area contributed by atoms with Gasteiger partial charge in [0.1, 0.15) is 24.1 Å². The van der Waals surface area contributed by atoms with Crippen molar-refractivity contribution < 1.29 is 27.2 Å². The van der Waals surface area contributed by atoms with Crippen LogP contribution in [0.25, 0.3) is 0 Å². The average Bonchev–Trinajstić information content (AvgIpc) is 3.52. The Bertz CT molecular complexity index is 1420. The Morgan fingerprint density at radius 1 is 1.38 bits per heavy atom. The summed E-state index contributed by atoms with van der Waals surface area (Å²) in [5.41, 5.74) is 2.13. The fourth-order valence-electron chi connectivity index (χ4n) is 4.91. The number of aliphatic hydroxyl groups excluding tert-OH is 1. The summed E-state index contributed by atoms with van der Waals surface area (Å²) in [6.07, 6.45) is 4.44. The molecule has 198 valence electrons. The Morgan fingerprint density at radius 3 is 2.97 bits per heavy atom. The molecule has 5 rings (SSSR count). The number of hydrogen-bond donors (Lipinski definition) is 3. The lowest BCUT2D eigenvalue weighted by molar-refractivity contribution is 0.0429. The molecular formula is C23H28N6O6S2. The van der Waals surface area contributed by atoms with Crippen molar-refractivity contribution in [2.24, 2.45) is 11.1 Å². The standard InChI is InChI=1S/C23H28N6O6S2/c1-12-9-29-3-4-34-21(23(29)27-12)16-7-19(36-13(16)2)20(31)17-8-25-11-26-22(17)28-15-5-14(18(30)6-15)10-35-37(24,32)33/h7-9,11,14-15,18,21,30H,3-6,10H2,1-2H3,(H2,24,32,33)(H,25,26,28)/t14-,15-,18+,21-/m1/s1. The second kappa shape index (κ2) is 10.2. The lowest BCUT2D eigenvalue weighted by Crippen LogP contribution is -2.24. The number of nitrogens with two attached hydrogens (primary N) is 1. The number of ketones is 1. The quantitative estimate of drug-likeness (QED) is 0.350. The van der Waals surface area contributed by atoms with Crippen molar-refractivity contribution in [3.63, 3.8) is 0 Å². The van der Waals surface area contributed by atoms with Gasteiger partial charge in [0.15, 0.2) is 0 Å². The van der Waals surface area contributed by atoms with Crippen LogP contribution in [0.15, 0.2) is 24.8 Å². The van der Waals surface area contributed by atoms with E-state index in [0.29, 0.717) is 35.7 Å². The van der Waals surface area contributed by atoms with E-state index >= 15 is 0 Å². The first-order valence-corrected chi connectivity index (χ1v) is 14.1. The molecule has 3 aromatic heterocycles. The van der Waals surface area contributed by atoms with E-state index in [1.807, 2.05) is 26.1 Å². The van der Waals surface area contributed by atoms with Crippen LogP contribution < -0.4 is 10.5 Å². The van der Waals surface area contributed by atoms with Crippen LogP contribution in [0, 0.1) is 19.8 Å². The number of carbonyl (C=O) groups excluding carboxylic acids is 1. The molecule has 0 spiro atoms. The summed E-state index contributed by atoms with van der Waals surface area (Å²) in [7, 11) is -4.09. The van der Waals surface area contributed by atoms with Crippen LogP contribution in [-0.2, 0) is 25.8 Å². The Morgan fingerprint density at radius 2 is 2.19 bits per heavy atom. The normalized spacial score (nSPS) is 23.7. The number of ether oxygens (including phenoxy) is 1. The molecule has 1 fully saturated rings. The molecule has 0 saturated heterocycles. The van der Waals surface area contributed by atoms with E-state index in [1.54, 1.807) is 0 Å². The molecule has 37 heavy (non-hydrogen) atoms. The van der Waals surface area contributed by atoms with E-state index in [4.69, 9.17) is 9.88 Å². The monoisotopic (exact) mass is 548 g/mol. The smallest absolute Gasteiger partial charge is 0.333 e. The molecule has 0 aromatic carbocycles. The first kappa shape index (κ1) is 25.9. The van der Waals surface area contributed by atoms with Crippen molar-refractivity contribution in [1.82, 2.24) is 19.5 Å². The molecule has 14 heteroatoms. The van der Waals surface area contributed by atoms with Crippen molar-refractivity contribution in [2.75, 3.05) is 18.5 Å². The highest BCUT2D eigenvalue weighted by atomic mass is 32.2. The average molecular weight is 549 g/mol. The van der Waals surface area contributed by atoms with Gasteiger partial charge in [-0.25, -0.2) is 20.1 Å². The minimum Gasteiger partial charge on any atom is -0.393 e. The largest absolute Gasteiger partial charge is 0.393 e. The summed E-state index contributed by atoms with van der Waals surface area (Å²) in [4.78, 5) is 28.0. The maximum atomic E-state index is 13.6. The van der Waals surface area contributed by atoms with Crippen LogP contribution in [0.2, 0.25) is 0 Å². The zero-order chi connectivity index (χ0) is 26.3. The number of aryl methyl sites for hydroxylation is 2. The Balaban J connectivity index is 1.34. The van der Waals surface area contributed by atoms with Crippen molar-refractivity contribution >= 4 is 33.2 Å². The number of carbonyl (C=O) groups is 1. The van der Waals surface area contributed by atoms with Gasteiger partial charge in [-0.1, -0.05) is 0 Å². The molecule has 12 nitrogen and oxygen atoms in total. The molecule has 2 aliphatic rings. The van der Waals surface area contributed by atoms with Crippen molar-refractivity contribution in [3.8, 4) is 0 Å². The summed E-state index contributed by atoms with van der Waals surface area (Å²) in [6.45, 7) is 4.98. The molecular weight excluding hydrogens is 520 g/mol. The van der Waals surface area contributed by atoms with E-state index < -0.39 is 22.3 Å². The van der Waals surface area contributed by atoms with E-state index in [-0.39, 0.29) is 24.5 Å². The maximum Gasteiger partial charge on any atom is 0.333 e. The summed E-state index contributed by atoms with van der Waals surface area (Å²) >= 11 is 1.38. The third-order valence-corrected chi connectivity index (χ3v) is 8.17. The Labute approximate surface area is 218 Å². The van der Waals surface area contributed by atoms with Gasteiger partial charge in [0.25, 0.3) is 0 Å². The van der Waals surface area contributed by atoms with Gasteiger partial charge in [0.2, 0.25) is 5.78 Å². The summed E-state index contributed by atoms with van der Waals surface area (Å²) in [5.74, 6) is 0.518. The third-order valence-electron chi connectivity index (χ3n) is 6.64. The van der Waals surface area contributed by atoms with Gasteiger partial charge in [-0.2, -0.15) is 8.42 Å². The molecule has 0 unspecified atom stereocenters. The molecule has 4 N–H and O–H groups in total. The summed E-state index contributed by atoms with van der Waals surface area (Å²) < 4.78 is 35.0. The van der Waals surface area contributed by atoms with Gasteiger partial charge in [0, 0.05) is 41.3 Å². The van der Waals surface area contributed by atoms with Crippen LogP contribution in [0.5, 0.6) is 0 Å². The van der Waals surface area contributed by atoms with Crippen LogP contribution in [-0.4, -0.2) is 64.2 Å². The van der Waals surface area contributed by atoms with Crippen LogP contribution in [0.1, 0.15) is 56.1 Å². The molecule has 4 heterocycles. The second-order valence-corrected chi connectivity index (χ2v) is 11.8. The summed E-state index contributed by atoms with van der Waals surface area (Å²) in [6, 6.07) is 1.60.